The van der Waals surface area contributed by atoms with Crippen molar-refractivity contribution in [3.8, 4) is 0 Å². The molecule has 3 aliphatic carbocycles. The number of hydrogen-bond acceptors (Lipinski definition) is 5. The molecule has 0 radical (unpaired) electrons. The van der Waals surface area contributed by atoms with E-state index < -0.39 is 6.23 Å². The molecule has 4 rings (SSSR count). The third-order valence-corrected chi connectivity index (χ3v) is 8.95. The quantitative estimate of drug-likeness (QED) is 0.499. The average Bonchev–Trinajstić information content (AvgIpc) is 3.43. The highest BCUT2D eigenvalue weighted by atomic mass is 32.2. The van der Waals surface area contributed by atoms with Gasteiger partial charge in [-0.1, -0.05) is 25.7 Å². The zero-order valence-electron chi connectivity index (χ0n) is 17.0. The molecule has 4 fully saturated rings. The van der Waals surface area contributed by atoms with Crippen molar-refractivity contribution in [3.05, 3.63) is 0 Å². The Hall–Kier alpha value is -0.590. The van der Waals surface area contributed by atoms with Crippen molar-refractivity contribution in [1.82, 2.24) is 10.2 Å². The topological polar surface area (TPSA) is 69.6 Å². The van der Waals surface area contributed by atoms with Gasteiger partial charge in [-0.15, -0.1) is 11.8 Å². The molecule has 2 amide bonds. The maximum Gasteiger partial charge on any atom is 0.242 e. The third kappa shape index (κ3) is 4.93. The van der Waals surface area contributed by atoms with E-state index in [0.717, 1.165) is 25.7 Å². The van der Waals surface area contributed by atoms with E-state index in [0.29, 0.717) is 36.1 Å². The SMILES string of the molecule is O=C1CC(SC2CCCC2)C(=O)N1CC1CCC(C(O)NC2CCCC2)CC1. The molecule has 158 valence electrons. The first kappa shape index (κ1) is 20.7. The van der Waals surface area contributed by atoms with Crippen molar-refractivity contribution in [2.24, 2.45) is 11.8 Å². The number of carbonyl (C=O) groups is 2. The summed E-state index contributed by atoms with van der Waals surface area (Å²) in [5.74, 6) is 0.808. The number of nitrogens with zero attached hydrogens (tertiary/aromatic N) is 1. The van der Waals surface area contributed by atoms with Gasteiger partial charge >= 0.3 is 0 Å². The van der Waals surface area contributed by atoms with Crippen LogP contribution in [0, 0.1) is 11.8 Å². The zero-order valence-corrected chi connectivity index (χ0v) is 17.8. The molecule has 3 saturated carbocycles. The predicted octanol–water partition coefficient (Wildman–Crippen LogP) is 3.45. The number of thioether (sulfide) groups is 1. The van der Waals surface area contributed by atoms with Crippen LogP contribution in [0.2, 0.25) is 0 Å². The van der Waals surface area contributed by atoms with Gasteiger partial charge in [-0.2, -0.15) is 0 Å². The number of carbonyl (C=O) groups excluding carboxylic acids is 2. The fourth-order valence-corrected chi connectivity index (χ4v) is 7.18. The average molecular weight is 409 g/mol. The van der Waals surface area contributed by atoms with Crippen molar-refractivity contribution >= 4 is 23.6 Å². The second-order valence-electron chi connectivity index (χ2n) is 9.45. The first-order valence-electron chi connectivity index (χ1n) is 11.5. The molecule has 2 unspecified atom stereocenters. The summed E-state index contributed by atoms with van der Waals surface area (Å²) < 4.78 is 0. The van der Waals surface area contributed by atoms with Gasteiger partial charge < -0.3 is 5.11 Å². The number of aliphatic hydroxyl groups is 1. The molecule has 2 N–H and O–H groups in total. The standard InChI is InChI=1S/C22H36N2O3S/c25-20-13-19(28-18-7-3-4-8-18)22(27)24(20)14-15-9-11-16(12-10-15)21(26)23-17-5-1-2-6-17/h15-19,21,23,26H,1-14H2. The van der Waals surface area contributed by atoms with E-state index in [2.05, 4.69) is 5.32 Å². The van der Waals surface area contributed by atoms with E-state index in [1.807, 2.05) is 0 Å². The van der Waals surface area contributed by atoms with Gasteiger partial charge in [-0.05, 0) is 63.2 Å². The molecule has 28 heavy (non-hydrogen) atoms. The van der Waals surface area contributed by atoms with Gasteiger partial charge in [-0.3, -0.25) is 19.8 Å². The lowest BCUT2D eigenvalue weighted by Crippen LogP contribution is -2.44. The molecular weight excluding hydrogens is 372 g/mol. The van der Waals surface area contributed by atoms with Crippen LogP contribution >= 0.6 is 11.8 Å². The Bertz CT molecular complexity index is 552. The van der Waals surface area contributed by atoms with Gasteiger partial charge in [0.25, 0.3) is 0 Å². The third-order valence-electron chi connectivity index (χ3n) is 7.40. The van der Waals surface area contributed by atoms with Crippen molar-refractivity contribution in [1.29, 1.82) is 0 Å². The number of hydrogen-bond donors (Lipinski definition) is 2. The second kappa shape index (κ2) is 9.48. The number of rotatable bonds is 7. The Morgan fingerprint density at radius 3 is 2.29 bits per heavy atom. The maximum atomic E-state index is 12.8. The highest BCUT2D eigenvalue weighted by molar-refractivity contribution is 8.01. The van der Waals surface area contributed by atoms with Crippen LogP contribution < -0.4 is 5.32 Å². The molecule has 0 aromatic heterocycles. The molecule has 0 aromatic carbocycles. The summed E-state index contributed by atoms with van der Waals surface area (Å²) in [6.45, 7) is 0.595. The molecule has 5 nitrogen and oxygen atoms in total. The van der Waals surface area contributed by atoms with Crippen molar-refractivity contribution < 1.29 is 14.7 Å². The number of amides is 2. The van der Waals surface area contributed by atoms with E-state index >= 15 is 0 Å². The van der Waals surface area contributed by atoms with Crippen LogP contribution in [0.1, 0.15) is 83.5 Å². The Kier molecular flexibility index (Phi) is 7.00. The van der Waals surface area contributed by atoms with Gasteiger partial charge in [0, 0.05) is 24.3 Å². The fourth-order valence-electron chi connectivity index (χ4n) is 5.62. The monoisotopic (exact) mass is 408 g/mol. The van der Waals surface area contributed by atoms with E-state index in [9.17, 15) is 14.7 Å². The molecule has 2 atom stereocenters. The summed E-state index contributed by atoms with van der Waals surface area (Å²) in [7, 11) is 0. The van der Waals surface area contributed by atoms with E-state index in [-0.39, 0.29) is 17.1 Å². The summed E-state index contributed by atoms with van der Waals surface area (Å²) in [6, 6.07) is 0.488. The maximum absolute atomic E-state index is 12.8. The van der Waals surface area contributed by atoms with Gasteiger partial charge in [0.1, 0.15) is 6.23 Å². The highest BCUT2D eigenvalue weighted by Crippen LogP contribution is 2.38. The van der Waals surface area contributed by atoms with Crippen LogP contribution in [-0.4, -0.2) is 51.1 Å². The summed E-state index contributed by atoms with van der Waals surface area (Å²) in [5, 5.41) is 14.4. The zero-order chi connectivity index (χ0) is 19.5. The largest absolute Gasteiger partial charge is 0.378 e. The van der Waals surface area contributed by atoms with E-state index in [1.54, 1.807) is 16.7 Å². The Morgan fingerprint density at radius 1 is 0.964 bits per heavy atom. The van der Waals surface area contributed by atoms with Crippen LogP contribution in [0.5, 0.6) is 0 Å². The lowest BCUT2D eigenvalue weighted by atomic mass is 9.80. The molecule has 0 bridgehead atoms. The fraction of sp³-hybridized carbons (Fsp3) is 0.909. The predicted molar refractivity (Wildman–Crippen MR) is 112 cm³/mol. The smallest absolute Gasteiger partial charge is 0.242 e. The van der Waals surface area contributed by atoms with Crippen molar-refractivity contribution in [3.63, 3.8) is 0 Å². The molecule has 1 heterocycles. The highest BCUT2D eigenvalue weighted by Gasteiger charge is 2.41. The Labute approximate surface area is 173 Å². The van der Waals surface area contributed by atoms with E-state index in [1.165, 1.54) is 51.4 Å². The molecule has 0 aromatic rings. The number of aliphatic hydroxyl groups excluding tert-OH is 1. The molecule has 1 aliphatic heterocycles. The normalized spacial score (nSPS) is 33.9. The molecule has 1 saturated heterocycles. The van der Waals surface area contributed by atoms with E-state index in [4.69, 9.17) is 0 Å². The van der Waals surface area contributed by atoms with Gasteiger partial charge in [-0.25, -0.2) is 0 Å². The minimum Gasteiger partial charge on any atom is -0.378 e. The van der Waals surface area contributed by atoms with Crippen LogP contribution in [-0.2, 0) is 9.59 Å². The number of likely N-dealkylation sites (tertiary alicyclic amines) is 1. The van der Waals surface area contributed by atoms with Crippen LogP contribution in [0.15, 0.2) is 0 Å². The molecule has 0 spiro atoms. The summed E-state index contributed by atoms with van der Waals surface area (Å²) in [6.07, 6.45) is 13.8. The molecule has 6 heteroatoms. The second-order valence-corrected chi connectivity index (χ2v) is 11.0. The number of nitrogens with one attached hydrogen (secondary N) is 1. The molecular formula is C22H36N2O3S. The van der Waals surface area contributed by atoms with Crippen LogP contribution in [0.25, 0.3) is 0 Å². The molecule has 4 aliphatic rings. The summed E-state index contributed by atoms with van der Waals surface area (Å²) in [5.41, 5.74) is 0. The summed E-state index contributed by atoms with van der Waals surface area (Å²) >= 11 is 1.76. The van der Waals surface area contributed by atoms with Crippen LogP contribution in [0.4, 0.5) is 0 Å². The first-order valence-corrected chi connectivity index (χ1v) is 12.5. The summed E-state index contributed by atoms with van der Waals surface area (Å²) in [4.78, 5) is 26.8. The van der Waals surface area contributed by atoms with Gasteiger partial charge in [0.05, 0.1) is 5.25 Å². The Balaban J connectivity index is 1.21. The minimum absolute atomic E-state index is 0.0329. The minimum atomic E-state index is -0.397. The lowest BCUT2D eigenvalue weighted by molar-refractivity contribution is -0.139. The lowest BCUT2D eigenvalue weighted by Gasteiger charge is -2.34. The number of imide groups is 1. The van der Waals surface area contributed by atoms with Crippen LogP contribution in [0.3, 0.4) is 0 Å². The Morgan fingerprint density at radius 2 is 1.61 bits per heavy atom. The van der Waals surface area contributed by atoms with Crippen molar-refractivity contribution in [2.45, 2.75) is 106 Å². The first-order chi connectivity index (χ1) is 13.6. The van der Waals surface area contributed by atoms with Gasteiger partial charge in [0.2, 0.25) is 11.8 Å². The van der Waals surface area contributed by atoms with Gasteiger partial charge in [0.15, 0.2) is 0 Å². The van der Waals surface area contributed by atoms with Crippen molar-refractivity contribution in [2.75, 3.05) is 6.54 Å².